The standard InChI is InChI=1S/C28H31ClN2O3.2C28H31ClN2O2S.C26H34N2O3.3H2S/c1-16-18(3)31(15-22-9-8-14-33-22)27-23(16)25(20-10-12-21(29)13-11-20)24(17(2)30-27)26(19(4)32)34-28(5,6)7;2*1-16-18(3)31(15-22-9-8-14-34-22)27-23(16)25(20-10-12-21(29)13-11-20)24(17(2)30-27)26(19(4)32)33-28(5,6)7;1-10-28-17(4)15(2)21-23(19-11-13-20(30-9)14-12-19)22(16(3)27-25(21)28)24(18(5)29)31-26(6,7)8;;;/h3*8-14,26H,15H2,1-7H3;11-14,24H,10H2,1-9H3;3*1H2/t3*26-;;;;/m111..../s1. The van der Waals surface area contributed by atoms with Gasteiger partial charge in [0, 0.05) is 143 Å². The van der Waals surface area contributed by atoms with E-state index < -0.39 is 46.8 Å². The molecule has 0 saturated heterocycles. The van der Waals surface area contributed by atoms with E-state index in [9.17, 15) is 19.2 Å². The lowest BCUT2D eigenvalue weighted by Crippen LogP contribution is -2.27. The summed E-state index contributed by atoms with van der Waals surface area (Å²) in [5.41, 5.74) is 25.3. The third kappa shape index (κ3) is 24.3. The maximum Gasteiger partial charge on any atom is 0.163 e. The third-order valence-corrected chi connectivity index (χ3v) is 26.6. The summed E-state index contributed by atoms with van der Waals surface area (Å²) in [7, 11) is 1.66. The molecule has 136 heavy (non-hydrogen) atoms. The van der Waals surface area contributed by atoms with Crippen LogP contribution in [-0.2, 0) is 64.3 Å². The van der Waals surface area contributed by atoms with Gasteiger partial charge in [-0.05, 0) is 329 Å². The molecule has 4 aromatic carbocycles. The number of furan rings is 1. The third-order valence-electron chi connectivity index (χ3n) is 24.1. The van der Waals surface area contributed by atoms with Gasteiger partial charge in [0.25, 0.3) is 0 Å². The number of aryl methyl sites for hydroxylation is 9. The van der Waals surface area contributed by atoms with Gasteiger partial charge in [-0.1, -0.05) is 95.5 Å². The first-order chi connectivity index (χ1) is 62.4. The number of Topliss-reactive ketones (excluding diaryl/α,β-unsaturated/α-hetero) is 4. The zero-order chi connectivity index (χ0) is 97.4. The largest absolute Gasteiger partial charge is 0.497 e. The number of aromatic nitrogens is 8. The van der Waals surface area contributed by atoms with Gasteiger partial charge in [-0.25, -0.2) is 19.9 Å². The van der Waals surface area contributed by atoms with Crippen LogP contribution < -0.4 is 4.74 Å². The van der Waals surface area contributed by atoms with E-state index in [1.807, 2.05) is 220 Å². The molecule has 4 atom stereocenters. The molecule has 15 aromatic rings. The molecule has 11 heterocycles. The number of hydrogen-bond donors (Lipinski definition) is 0. The van der Waals surface area contributed by atoms with Crippen molar-refractivity contribution in [2.45, 2.75) is 274 Å². The van der Waals surface area contributed by atoms with Gasteiger partial charge >= 0.3 is 0 Å². The number of rotatable bonds is 24. The lowest BCUT2D eigenvalue weighted by atomic mass is 9.89. The van der Waals surface area contributed by atoms with Gasteiger partial charge in [0.2, 0.25) is 0 Å². The summed E-state index contributed by atoms with van der Waals surface area (Å²) >= 11 is 22.2. The van der Waals surface area contributed by atoms with E-state index in [1.54, 1.807) is 63.7 Å². The lowest BCUT2D eigenvalue weighted by molar-refractivity contribution is -0.139. The highest BCUT2D eigenvalue weighted by Gasteiger charge is 2.38. The minimum Gasteiger partial charge on any atom is -0.497 e. The Labute approximate surface area is 846 Å². The second kappa shape index (κ2) is 44.8. The Morgan fingerprint density at radius 2 is 0.610 bits per heavy atom. The van der Waals surface area contributed by atoms with Gasteiger partial charge < -0.3 is 46.4 Å². The van der Waals surface area contributed by atoms with Crippen LogP contribution in [0.15, 0.2) is 155 Å². The fourth-order valence-electron chi connectivity index (χ4n) is 17.7. The van der Waals surface area contributed by atoms with Crippen molar-refractivity contribution in [3.63, 3.8) is 0 Å². The number of carbonyl (C=O) groups is 4. The number of nitrogens with zero attached hydrogens (tertiary/aromatic N) is 8. The quantitative estimate of drug-likeness (QED) is 0.0553. The van der Waals surface area contributed by atoms with Gasteiger partial charge in [-0.15, -0.1) is 22.7 Å². The van der Waals surface area contributed by atoms with Gasteiger partial charge in [0.05, 0.1) is 55.4 Å². The minimum atomic E-state index is -0.740. The van der Waals surface area contributed by atoms with Crippen molar-refractivity contribution in [2.75, 3.05) is 7.11 Å². The summed E-state index contributed by atoms with van der Waals surface area (Å²) in [5.74, 6) is 1.48. The Bertz CT molecular complexity index is 6300. The van der Waals surface area contributed by atoms with Crippen molar-refractivity contribution in [1.82, 2.24) is 38.2 Å². The van der Waals surface area contributed by atoms with Crippen LogP contribution in [0.2, 0.25) is 15.1 Å². The maximum atomic E-state index is 12.9. The molecule has 0 saturated carbocycles. The predicted molar refractivity (Wildman–Crippen MR) is 578 cm³/mol. The van der Waals surface area contributed by atoms with Crippen LogP contribution in [0.25, 0.3) is 88.6 Å². The first kappa shape index (κ1) is 110. The average molecular weight is 1990 g/mol. The highest BCUT2D eigenvalue weighted by molar-refractivity contribution is 7.59. The Hall–Kier alpha value is -9.44. The molecule has 0 amide bonds. The topological polar surface area (TPSA) is 199 Å². The highest BCUT2D eigenvalue weighted by Crippen LogP contribution is 2.49. The first-order valence-corrected chi connectivity index (χ1v) is 48.0. The van der Waals surface area contributed by atoms with Gasteiger partial charge in [0.15, 0.2) is 23.1 Å². The predicted octanol–water partition coefficient (Wildman–Crippen LogP) is 29.5. The van der Waals surface area contributed by atoms with Gasteiger partial charge in [-0.2, -0.15) is 40.5 Å². The molecule has 724 valence electrons. The monoisotopic (exact) mass is 1990 g/mol. The van der Waals surface area contributed by atoms with Crippen LogP contribution in [0.3, 0.4) is 0 Å². The van der Waals surface area contributed by atoms with E-state index in [0.717, 1.165) is 187 Å². The van der Waals surface area contributed by atoms with Crippen molar-refractivity contribution in [3.8, 4) is 50.3 Å². The number of hydrogen-bond acceptors (Lipinski definition) is 16. The molecule has 15 rings (SSSR count). The Kier molecular flexibility index (Phi) is 36.3. The lowest BCUT2D eigenvalue weighted by Gasteiger charge is -2.29. The van der Waals surface area contributed by atoms with Gasteiger partial charge in [-0.3, -0.25) is 19.2 Å². The number of ketones is 4. The molecule has 0 bridgehead atoms. The number of ether oxygens (including phenoxy) is 5. The van der Waals surface area contributed by atoms with E-state index >= 15 is 0 Å². The van der Waals surface area contributed by atoms with E-state index in [4.69, 9.17) is 82.8 Å². The van der Waals surface area contributed by atoms with Crippen molar-refractivity contribution < 1.29 is 47.3 Å². The molecular formula is C110H133Cl3N8O10S5. The smallest absolute Gasteiger partial charge is 0.163 e. The molecule has 0 aliphatic heterocycles. The van der Waals surface area contributed by atoms with Crippen LogP contribution in [0.5, 0.6) is 5.75 Å². The number of pyridine rings is 4. The maximum absolute atomic E-state index is 12.9. The first-order valence-electron chi connectivity index (χ1n) is 45.1. The minimum absolute atomic E-state index is 0. The van der Waals surface area contributed by atoms with Crippen molar-refractivity contribution in [1.29, 1.82) is 0 Å². The van der Waals surface area contributed by atoms with Crippen LogP contribution in [-0.4, -0.2) is 90.9 Å². The van der Waals surface area contributed by atoms with Gasteiger partial charge in [0.1, 0.15) is 58.5 Å². The molecule has 0 aliphatic carbocycles. The summed E-state index contributed by atoms with van der Waals surface area (Å²) in [6.07, 6.45) is -1.19. The molecule has 0 spiro atoms. The zero-order valence-electron chi connectivity index (χ0n) is 84.2. The Balaban J connectivity index is 0.000000202. The molecular weight excluding hydrogens is 1860 g/mol. The van der Waals surface area contributed by atoms with E-state index in [2.05, 4.69) is 116 Å². The second-order valence-electron chi connectivity index (χ2n) is 38.5. The van der Waals surface area contributed by atoms with E-state index in [0.29, 0.717) is 21.6 Å². The van der Waals surface area contributed by atoms with Crippen LogP contribution >= 0.6 is 98.0 Å². The molecule has 0 radical (unpaired) electrons. The molecule has 0 aliphatic rings. The van der Waals surface area contributed by atoms with E-state index in [-0.39, 0.29) is 63.6 Å². The Morgan fingerprint density at radius 3 is 0.831 bits per heavy atom. The molecule has 11 aromatic heterocycles. The van der Waals surface area contributed by atoms with Crippen molar-refractivity contribution in [2.24, 2.45) is 0 Å². The fraction of sp³-hybridized carbons (Fsp3) is 0.382. The van der Waals surface area contributed by atoms with Crippen LogP contribution in [0.1, 0.15) is 248 Å². The highest BCUT2D eigenvalue weighted by atomic mass is 35.5. The fourth-order valence-corrected chi connectivity index (χ4v) is 19.5. The number of carbonyl (C=O) groups excluding carboxylic acids is 4. The molecule has 18 nitrogen and oxygen atoms in total. The number of halogens is 3. The number of fused-ring (bicyclic) bond motifs is 4. The molecule has 26 heteroatoms. The SMILES string of the molecule is CC(=O)[C@@H](OC(C)(C)C)c1c(C)nc2c(c(C)c(C)n2Cc2ccco2)c1-c1ccc(Cl)cc1.CC(=O)[C@@H](OC(C)(C)C)c1c(C)nc2c(c(C)c(C)n2Cc2cccs2)c1-c1ccc(Cl)cc1.CC(=O)[C@@H](OC(C)(C)C)c1c(C)nc2c(c(C)c(C)n2Cc2cccs2)c1-c1ccc(Cl)cc1.CCn1c(C)c(C)c2c(-c3ccc(OC)cc3)c(C(OC(C)(C)C)C(C)=O)c(C)nc21.S.S.S. The van der Waals surface area contributed by atoms with Crippen LogP contribution in [0, 0.1) is 83.1 Å². The Morgan fingerprint density at radius 1 is 0.360 bits per heavy atom. The van der Waals surface area contributed by atoms with Crippen LogP contribution in [0.4, 0.5) is 0 Å². The second-order valence-corrected chi connectivity index (χ2v) is 41.8. The molecule has 1 unspecified atom stereocenters. The average Bonchev–Trinajstić information content (AvgIpc) is 1.58. The number of methoxy groups -OCH3 is 1. The summed E-state index contributed by atoms with van der Waals surface area (Å²) in [5, 5.41) is 10.4. The summed E-state index contributed by atoms with van der Waals surface area (Å²) in [6.45, 7) is 59.9. The molecule has 0 N–H and O–H groups in total. The summed E-state index contributed by atoms with van der Waals surface area (Å²) in [4.78, 5) is 74.4. The number of benzene rings is 4. The number of thiophene rings is 2. The van der Waals surface area contributed by atoms with E-state index in [1.165, 1.54) is 32.4 Å². The molecule has 0 fully saturated rings. The normalized spacial score (nSPS) is 12.7. The summed E-state index contributed by atoms with van der Waals surface area (Å²) in [6, 6.07) is 43.6. The van der Waals surface area contributed by atoms with Crippen molar-refractivity contribution >= 4 is 165 Å². The van der Waals surface area contributed by atoms with Crippen molar-refractivity contribution in [3.05, 3.63) is 271 Å². The summed E-state index contributed by atoms with van der Waals surface area (Å²) < 4.78 is 45.3. The zero-order valence-corrected chi connectivity index (χ0v) is 91.1.